The third-order valence-electron chi connectivity index (χ3n) is 1.86. The molecular weight excluding hydrogens is 224 g/mol. The van der Waals surface area contributed by atoms with Gasteiger partial charge in [0.05, 0.1) is 10.8 Å². The molecule has 0 bridgehead atoms. The molecule has 2 aromatic rings. The number of hydrogen-bond donors (Lipinski definition) is 2. The van der Waals surface area contributed by atoms with Crippen molar-refractivity contribution in [1.82, 2.24) is 0 Å². The van der Waals surface area contributed by atoms with Gasteiger partial charge in [0, 0.05) is 15.0 Å². The highest BCUT2D eigenvalue weighted by molar-refractivity contribution is 7.80. The third kappa shape index (κ3) is 1.41. The minimum Gasteiger partial charge on any atom is -0.506 e. The average molecular weight is 231 g/mol. The monoisotopic (exact) mass is 230 g/mol. The lowest BCUT2D eigenvalue weighted by atomic mass is 10.2. The van der Waals surface area contributed by atoms with Crippen LogP contribution in [0.5, 0.6) is 5.75 Å². The lowest BCUT2D eigenvalue weighted by Crippen LogP contribution is -1.70. The summed E-state index contributed by atoms with van der Waals surface area (Å²) < 4.78 is 1.03. The van der Waals surface area contributed by atoms with Crippen molar-refractivity contribution >= 4 is 45.7 Å². The molecule has 0 saturated heterocycles. The number of thiophene rings is 1. The van der Waals surface area contributed by atoms with Gasteiger partial charge in [0.1, 0.15) is 5.75 Å². The van der Waals surface area contributed by atoms with E-state index in [2.05, 4.69) is 12.6 Å². The summed E-state index contributed by atoms with van der Waals surface area (Å²) >= 11 is 11.5. The van der Waals surface area contributed by atoms with Gasteiger partial charge in [-0.1, -0.05) is 6.07 Å². The maximum absolute atomic E-state index is 9.75. The Morgan fingerprint density at radius 2 is 2.23 bits per heavy atom. The number of alkyl halides is 1. The fourth-order valence-corrected chi connectivity index (χ4v) is 2.91. The van der Waals surface area contributed by atoms with Crippen molar-refractivity contribution in [3.05, 3.63) is 23.1 Å². The first-order valence-electron chi connectivity index (χ1n) is 3.72. The first-order valence-corrected chi connectivity index (χ1v) is 5.52. The van der Waals surface area contributed by atoms with E-state index in [1.807, 2.05) is 18.2 Å². The number of rotatable bonds is 1. The molecule has 0 saturated carbocycles. The summed E-state index contributed by atoms with van der Waals surface area (Å²) in [7, 11) is 0. The number of aromatic hydroxyl groups is 1. The fraction of sp³-hybridized carbons (Fsp3) is 0.111. The van der Waals surface area contributed by atoms with Crippen LogP contribution in [0.4, 0.5) is 0 Å². The summed E-state index contributed by atoms with van der Waals surface area (Å²) in [5.74, 6) is 0.624. The summed E-state index contributed by atoms with van der Waals surface area (Å²) in [6.45, 7) is 0. The Bertz CT molecular complexity index is 450. The molecule has 0 aliphatic carbocycles. The van der Waals surface area contributed by atoms with Crippen molar-refractivity contribution in [2.75, 3.05) is 0 Å². The van der Waals surface area contributed by atoms with Gasteiger partial charge >= 0.3 is 0 Å². The first kappa shape index (κ1) is 9.19. The summed E-state index contributed by atoms with van der Waals surface area (Å²) in [6, 6.07) is 5.73. The molecule has 0 fully saturated rings. The van der Waals surface area contributed by atoms with E-state index in [4.69, 9.17) is 11.6 Å². The van der Waals surface area contributed by atoms with Crippen molar-refractivity contribution < 1.29 is 5.11 Å². The van der Waals surface area contributed by atoms with Crippen molar-refractivity contribution in [1.29, 1.82) is 0 Å². The van der Waals surface area contributed by atoms with Crippen LogP contribution in [0.1, 0.15) is 4.88 Å². The highest BCUT2D eigenvalue weighted by Crippen LogP contribution is 2.40. The first-order chi connectivity index (χ1) is 6.24. The van der Waals surface area contributed by atoms with E-state index in [0.29, 0.717) is 5.88 Å². The molecule has 1 aromatic heterocycles. The number of thiol groups is 1. The van der Waals surface area contributed by atoms with Crippen LogP contribution in [0.2, 0.25) is 0 Å². The molecule has 0 aliphatic rings. The number of benzene rings is 1. The number of hydrogen-bond acceptors (Lipinski definition) is 3. The number of fused-ring (bicyclic) bond motifs is 1. The lowest BCUT2D eigenvalue weighted by molar-refractivity contribution is 0.479. The van der Waals surface area contributed by atoms with Crippen LogP contribution in [0.3, 0.4) is 0 Å². The molecule has 2 rings (SSSR count). The van der Waals surface area contributed by atoms with Crippen molar-refractivity contribution in [2.24, 2.45) is 0 Å². The van der Waals surface area contributed by atoms with E-state index in [-0.39, 0.29) is 5.75 Å². The van der Waals surface area contributed by atoms with E-state index in [1.54, 1.807) is 0 Å². The van der Waals surface area contributed by atoms with Gasteiger partial charge in [0.25, 0.3) is 0 Å². The maximum Gasteiger partial charge on any atom is 0.139 e. The smallest absolute Gasteiger partial charge is 0.139 e. The van der Waals surface area contributed by atoms with Crippen LogP contribution in [0.15, 0.2) is 23.1 Å². The van der Waals surface area contributed by atoms with E-state index in [0.717, 1.165) is 19.9 Å². The quantitative estimate of drug-likeness (QED) is 0.566. The Kier molecular flexibility index (Phi) is 2.41. The zero-order valence-corrected chi connectivity index (χ0v) is 9.09. The van der Waals surface area contributed by atoms with Crippen molar-refractivity contribution in [3.63, 3.8) is 0 Å². The van der Waals surface area contributed by atoms with Gasteiger partial charge < -0.3 is 5.11 Å². The molecule has 0 atom stereocenters. The SMILES string of the molecule is Oc1c(CCl)sc2cccc(S)c12. The molecule has 0 unspecified atom stereocenters. The summed E-state index contributed by atoms with van der Waals surface area (Å²) in [5.41, 5.74) is 0. The second-order valence-electron chi connectivity index (χ2n) is 2.66. The Morgan fingerprint density at radius 3 is 2.85 bits per heavy atom. The highest BCUT2D eigenvalue weighted by Gasteiger charge is 2.11. The van der Waals surface area contributed by atoms with Gasteiger partial charge in [0.2, 0.25) is 0 Å². The summed E-state index contributed by atoms with van der Waals surface area (Å²) in [6.07, 6.45) is 0. The molecule has 13 heavy (non-hydrogen) atoms. The van der Waals surface area contributed by atoms with Gasteiger partial charge in [-0.05, 0) is 12.1 Å². The Labute approximate surface area is 90.4 Å². The zero-order chi connectivity index (χ0) is 9.42. The van der Waals surface area contributed by atoms with Gasteiger partial charge in [-0.25, -0.2) is 0 Å². The summed E-state index contributed by atoms with van der Waals surface area (Å²) in [4.78, 5) is 1.60. The molecule has 0 spiro atoms. The Balaban J connectivity index is 2.85. The van der Waals surface area contributed by atoms with Gasteiger partial charge in [-0.15, -0.1) is 35.6 Å². The van der Waals surface area contributed by atoms with Crippen LogP contribution in [-0.4, -0.2) is 5.11 Å². The molecular formula is C9H7ClOS2. The van der Waals surface area contributed by atoms with E-state index in [9.17, 15) is 5.11 Å². The normalized spacial score (nSPS) is 10.9. The Morgan fingerprint density at radius 1 is 1.46 bits per heavy atom. The highest BCUT2D eigenvalue weighted by atomic mass is 35.5. The molecule has 1 N–H and O–H groups in total. The fourth-order valence-electron chi connectivity index (χ4n) is 1.25. The minimum atomic E-state index is 0.278. The minimum absolute atomic E-state index is 0.278. The zero-order valence-electron chi connectivity index (χ0n) is 6.62. The van der Waals surface area contributed by atoms with Crippen LogP contribution in [-0.2, 0) is 5.88 Å². The number of halogens is 1. The average Bonchev–Trinajstić information content (AvgIpc) is 2.44. The predicted octanol–water partition coefficient (Wildman–Crippen LogP) is 3.63. The van der Waals surface area contributed by atoms with E-state index in [1.165, 1.54) is 11.3 Å². The van der Waals surface area contributed by atoms with Crippen molar-refractivity contribution in [2.45, 2.75) is 10.8 Å². The molecule has 68 valence electrons. The van der Waals surface area contributed by atoms with Gasteiger partial charge in [0.15, 0.2) is 0 Å². The van der Waals surface area contributed by atoms with E-state index >= 15 is 0 Å². The second kappa shape index (κ2) is 3.40. The second-order valence-corrected chi connectivity index (χ2v) is 4.54. The predicted molar refractivity (Wildman–Crippen MR) is 60.3 cm³/mol. The summed E-state index contributed by atoms with van der Waals surface area (Å²) in [5, 5.41) is 10.6. The van der Waals surface area contributed by atoms with Crippen molar-refractivity contribution in [3.8, 4) is 5.75 Å². The molecule has 0 radical (unpaired) electrons. The largest absolute Gasteiger partial charge is 0.506 e. The molecule has 0 amide bonds. The Hall–Kier alpha value is -0.380. The molecule has 4 heteroatoms. The standard InChI is InChI=1S/C9H7ClOS2/c10-4-7-9(11)8-5(12)2-1-3-6(8)13-7/h1-3,11-12H,4H2. The van der Waals surface area contributed by atoms with Crippen LogP contribution < -0.4 is 0 Å². The van der Waals surface area contributed by atoms with Gasteiger partial charge in [-0.2, -0.15) is 0 Å². The van der Waals surface area contributed by atoms with Crippen LogP contribution in [0.25, 0.3) is 10.1 Å². The van der Waals surface area contributed by atoms with E-state index < -0.39 is 0 Å². The molecule has 1 nitrogen and oxygen atoms in total. The van der Waals surface area contributed by atoms with Gasteiger partial charge in [-0.3, -0.25) is 0 Å². The van der Waals surface area contributed by atoms with Crippen LogP contribution >= 0.6 is 35.6 Å². The molecule has 1 aromatic carbocycles. The molecule has 1 heterocycles. The van der Waals surface area contributed by atoms with Crippen LogP contribution in [0, 0.1) is 0 Å². The third-order valence-corrected chi connectivity index (χ3v) is 3.80. The maximum atomic E-state index is 9.75. The topological polar surface area (TPSA) is 20.2 Å². The molecule has 0 aliphatic heterocycles. The lowest BCUT2D eigenvalue weighted by Gasteiger charge is -1.94.